The molecule has 6 heteroatoms. The first-order chi connectivity index (χ1) is 12.5. The van der Waals surface area contributed by atoms with Crippen LogP contribution in [0, 0.1) is 11.7 Å². The van der Waals surface area contributed by atoms with Crippen LogP contribution in [0.15, 0.2) is 36.4 Å². The van der Waals surface area contributed by atoms with Crippen LogP contribution in [-0.4, -0.2) is 26.2 Å². The maximum absolute atomic E-state index is 13.9. The Kier molecular flexibility index (Phi) is 5.30. The predicted molar refractivity (Wildman–Crippen MR) is 95.4 cm³/mol. The van der Waals surface area contributed by atoms with E-state index in [1.807, 2.05) is 32.0 Å². The number of hydrogen-bond donors (Lipinski definition) is 1. The molecule has 26 heavy (non-hydrogen) atoms. The lowest BCUT2D eigenvalue weighted by Crippen LogP contribution is -2.32. The molecule has 1 aliphatic heterocycles. The fourth-order valence-corrected chi connectivity index (χ4v) is 2.92. The van der Waals surface area contributed by atoms with Gasteiger partial charge in [-0.2, -0.15) is 0 Å². The van der Waals surface area contributed by atoms with Crippen molar-refractivity contribution in [2.75, 3.05) is 20.3 Å². The van der Waals surface area contributed by atoms with Crippen LogP contribution >= 0.6 is 0 Å². The number of benzene rings is 2. The maximum Gasteiger partial charge on any atom is 0.251 e. The third kappa shape index (κ3) is 3.74. The van der Waals surface area contributed by atoms with Gasteiger partial charge in [0.05, 0.1) is 13.2 Å². The van der Waals surface area contributed by atoms with Crippen molar-refractivity contribution in [1.82, 2.24) is 5.32 Å². The molecule has 0 fully saturated rings. The van der Waals surface area contributed by atoms with Crippen molar-refractivity contribution >= 4 is 5.91 Å². The van der Waals surface area contributed by atoms with Gasteiger partial charge in [0.15, 0.2) is 23.1 Å². The van der Waals surface area contributed by atoms with Crippen molar-refractivity contribution < 1.29 is 23.4 Å². The number of hydrogen-bond acceptors (Lipinski definition) is 4. The smallest absolute Gasteiger partial charge is 0.251 e. The van der Waals surface area contributed by atoms with Gasteiger partial charge in [-0.25, -0.2) is 4.39 Å². The summed E-state index contributed by atoms with van der Waals surface area (Å²) in [6.07, 6.45) is 0. The number of ether oxygens (including phenoxy) is 3. The maximum atomic E-state index is 13.9. The van der Waals surface area contributed by atoms with Crippen molar-refractivity contribution in [3.05, 3.63) is 53.3 Å². The zero-order chi connectivity index (χ0) is 18.7. The Morgan fingerprint density at radius 3 is 2.50 bits per heavy atom. The van der Waals surface area contributed by atoms with E-state index in [1.54, 1.807) is 6.07 Å². The van der Waals surface area contributed by atoms with Crippen molar-refractivity contribution in [2.24, 2.45) is 5.92 Å². The quantitative estimate of drug-likeness (QED) is 0.884. The van der Waals surface area contributed by atoms with Gasteiger partial charge in [-0.1, -0.05) is 19.9 Å². The fraction of sp³-hybridized carbons (Fsp3) is 0.350. The molecule has 1 heterocycles. The summed E-state index contributed by atoms with van der Waals surface area (Å²) in [7, 11) is 1.38. The number of nitrogens with one attached hydrogen (secondary N) is 1. The van der Waals surface area contributed by atoms with Crippen molar-refractivity contribution in [2.45, 2.75) is 19.9 Å². The summed E-state index contributed by atoms with van der Waals surface area (Å²) in [6, 6.07) is 9.55. The Hall–Kier alpha value is -2.76. The molecule has 0 spiro atoms. The molecule has 5 nitrogen and oxygen atoms in total. The van der Waals surface area contributed by atoms with Gasteiger partial charge in [-0.3, -0.25) is 4.79 Å². The molecule has 1 aliphatic rings. The molecule has 3 rings (SSSR count). The van der Waals surface area contributed by atoms with Gasteiger partial charge in [-0.15, -0.1) is 0 Å². The molecule has 0 saturated heterocycles. The van der Waals surface area contributed by atoms with Gasteiger partial charge in [0.25, 0.3) is 5.91 Å². The van der Waals surface area contributed by atoms with Crippen LogP contribution < -0.4 is 19.5 Å². The fourth-order valence-electron chi connectivity index (χ4n) is 2.92. The number of rotatable bonds is 5. The second kappa shape index (κ2) is 7.64. The number of carbonyl (C=O) groups is 1. The second-order valence-electron chi connectivity index (χ2n) is 6.45. The minimum absolute atomic E-state index is 0.105. The van der Waals surface area contributed by atoms with E-state index in [-0.39, 0.29) is 29.2 Å². The van der Waals surface area contributed by atoms with E-state index in [0.29, 0.717) is 24.7 Å². The van der Waals surface area contributed by atoms with Crippen LogP contribution in [0.4, 0.5) is 4.39 Å². The van der Waals surface area contributed by atoms with Gasteiger partial charge in [-0.05, 0) is 41.8 Å². The highest BCUT2D eigenvalue weighted by molar-refractivity contribution is 5.94. The van der Waals surface area contributed by atoms with Gasteiger partial charge < -0.3 is 19.5 Å². The highest BCUT2D eigenvalue weighted by atomic mass is 19.1. The monoisotopic (exact) mass is 359 g/mol. The third-order valence-electron chi connectivity index (χ3n) is 4.29. The topological polar surface area (TPSA) is 56.8 Å². The summed E-state index contributed by atoms with van der Waals surface area (Å²) in [4.78, 5) is 12.6. The molecule has 0 bridgehead atoms. The van der Waals surface area contributed by atoms with E-state index in [9.17, 15) is 9.18 Å². The highest BCUT2D eigenvalue weighted by Gasteiger charge is 2.22. The summed E-state index contributed by atoms with van der Waals surface area (Å²) < 4.78 is 29.9. The molecule has 2 aromatic carbocycles. The first kappa shape index (κ1) is 18.0. The number of amides is 1. The summed E-state index contributed by atoms with van der Waals surface area (Å²) in [5, 5.41) is 2.98. The molecule has 1 N–H and O–H groups in total. The standard InChI is InChI=1S/C20H22FNO4/c1-12(2)19(13-4-7-17-18(11-13)26-9-8-25-17)22-20(23)14-5-6-16(24-3)15(21)10-14/h4-7,10-12,19H,8-9H2,1-3H3,(H,22,23)/t19-/m1/s1. The largest absolute Gasteiger partial charge is 0.494 e. The van der Waals surface area contributed by atoms with Crippen LogP contribution in [0.3, 0.4) is 0 Å². The van der Waals surface area contributed by atoms with Crippen molar-refractivity contribution in [3.8, 4) is 17.2 Å². The molecule has 0 radical (unpaired) electrons. The molecule has 2 aromatic rings. The van der Waals surface area contributed by atoms with Gasteiger partial charge in [0.2, 0.25) is 0 Å². The first-order valence-electron chi connectivity index (χ1n) is 8.53. The van der Waals surface area contributed by atoms with E-state index in [4.69, 9.17) is 14.2 Å². The van der Waals surface area contributed by atoms with Gasteiger partial charge in [0, 0.05) is 5.56 Å². The Labute approximate surface area is 152 Å². The average molecular weight is 359 g/mol. The van der Waals surface area contributed by atoms with Crippen molar-refractivity contribution in [1.29, 1.82) is 0 Å². The van der Waals surface area contributed by atoms with E-state index in [2.05, 4.69) is 5.32 Å². The summed E-state index contributed by atoms with van der Waals surface area (Å²) in [5.74, 6) is 0.689. The zero-order valence-corrected chi connectivity index (χ0v) is 15.0. The first-order valence-corrected chi connectivity index (χ1v) is 8.53. The summed E-state index contributed by atoms with van der Waals surface area (Å²) in [5.41, 5.74) is 1.15. The molecule has 0 aromatic heterocycles. The lowest BCUT2D eigenvalue weighted by molar-refractivity contribution is 0.0924. The minimum atomic E-state index is -0.569. The SMILES string of the molecule is COc1ccc(C(=O)N[C@@H](c2ccc3c(c2)OCCO3)C(C)C)cc1F. The van der Waals surface area contributed by atoms with E-state index >= 15 is 0 Å². The molecular weight excluding hydrogens is 337 g/mol. The number of carbonyl (C=O) groups excluding carboxylic acids is 1. The van der Waals surface area contributed by atoms with E-state index in [1.165, 1.54) is 19.2 Å². The Morgan fingerprint density at radius 2 is 1.85 bits per heavy atom. The van der Waals surface area contributed by atoms with Crippen LogP contribution in [-0.2, 0) is 0 Å². The average Bonchev–Trinajstić information content (AvgIpc) is 2.65. The van der Waals surface area contributed by atoms with Crippen LogP contribution in [0.1, 0.15) is 35.8 Å². The predicted octanol–water partition coefficient (Wildman–Crippen LogP) is 3.73. The summed E-state index contributed by atoms with van der Waals surface area (Å²) >= 11 is 0. The highest BCUT2D eigenvalue weighted by Crippen LogP contribution is 2.34. The summed E-state index contributed by atoms with van der Waals surface area (Å²) in [6.45, 7) is 5.05. The minimum Gasteiger partial charge on any atom is -0.494 e. The van der Waals surface area contributed by atoms with E-state index < -0.39 is 5.82 Å². The van der Waals surface area contributed by atoms with Crippen LogP contribution in [0.2, 0.25) is 0 Å². The molecule has 1 amide bonds. The molecule has 0 unspecified atom stereocenters. The second-order valence-corrected chi connectivity index (χ2v) is 6.45. The van der Waals surface area contributed by atoms with Gasteiger partial charge >= 0.3 is 0 Å². The lowest BCUT2D eigenvalue weighted by atomic mass is 9.95. The Bertz CT molecular complexity index is 806. The van der Waals surface area contributed by atoms with E-state index in [0.717, 1.165) is 5.56 Å². The number of methoxy groups -OCH3 is 1. The molecule has 138 valence electrons. The number of fused-ring (bicyclic) bond motifs is 1. The molecule has 0 aliphatic carbocycles. The number of halogens is 1. The van der Waals surface area contributed by atoms with Gasteiger partial charge in [0.1, 0.15) is 13.2 Å². The Morgan fingerprint density at radius 1 is 1.12 bits per heavy atom. The molecular formula is C20H22FNO4. The zero-order valence-electron chi connectivity index (χ0n) is 15.0. The van der Waals surface area contributed by atoms with Crippen LogP contribution in [0.5, 0.6) is 17.2 Å². The molecule has 1 atom stereocenters. The lowest BCUT2D eigenvalue weighted by Gasteiger charge is -2.25. The third-order valence-corrected chi connectivity index (χ3v) is 4.29. The van der Waals surface area contributed by atoms with Crippen LogP contribution in [0.25, 0.3) is 0 Å². The van der Waals surface area contributed by atoms with Crippen molar-refractivity contribution in [3.63, 3.8) is 0 Å². The normalized spacial score (nSPS) is 14.0. The molecule has 0 saturated carbocycles. The Balaban J connectivity index is 1.82.